The van der Waals surface area contributed by atoms with Crippen LogP contribution in [0.2, 0.25) is 0 Å². The molecule has 102 valence electrons. The van der Waals surface area contributed by atoms with Gasteiger partial charge in [-0.2, -0.15) is 10.1 Å². The second kappa shape index (κ2) is 5.00. The quantitative estimate of drug-likeness (QED) is 0.769. The molecule has 0 aliphatic heterocycles. The molecule has 0 atom stereocenters. The SMILES string of the molecule is COc1cc(OC)cc(-c2nc(-c3ncn[nH]3)no2)c1. The summed E-state index contributed by atoms with van der Waals surface area (Å²) in [6.07, 6.45) is 1.37. The van der Waals surface area contributed by atoms with Gasteiger partial charge >= 0.3 is 0 Å². The minimum atomic E-state index is 0.333. The van der Waals surface area contributed by atoms with Crippen LogP contribution in [0.3, 0.4) is 0 Å². The Kier molecular flexibility index (Phi) is 3.04. The van der Waals surface area contributed by atoms with Crippen LogP contribution in [-0.4, -0.2) is 39.5 Å². The Morgan fingerprint density at radius 3 is 2.45 bits per heavy atom. The Labute approximate surface area is 113 Å². The zero-order chi connectivity index (χ0) is 13.9. The summed E-state index contributed by atoms with van der Waals surface area (Å²) in [5.74, 6) is 2.39. The third kappa shape index (κ3) is 2.18. The average Bonchev–Trinajstić information content (AvgIpc) is 3.17. The van der Waals surface area contributed by atoms with Crippen LogP contribution in [0.25, 0.3) is 23.1 Å². The maximum Gasteiger partial charge on any atom is 0.258 e. The normalized spacial score (nSPS) is 10.5. The molecule has 20 heavy (non-hydrogen) atoms. The predicted molar refractivity (Wildman–Crippen MR) is 68.2 cm³/mol. The van der Waals surface area contributed by atoms with Crippen molar-refractivity contribution in [3.05, 3.63) is 24.5 Å². The molecule has 2 heterocycles. The van der Waals surface area contributed by atoms with Crippen molar-refractivity contribution in [1.29, 1.82) is 0 Å². The molecule has 0 unspecified atom stereocenters. The number of hydrogen-bond donors (Lipinski definition) is 1. The Morgan fingerprint density at radius 1 is 1.10 bits per heavy atom. The fourth-order valence-corrected chi connectivity index (χ4v) is 1.68. The third-order valence-electron chi connectivity index (χ3n) is 2.65. The highest BCUT2D eigenvalue weighted by atomic mass is 16.5. The summed E-state index contributed by atoms with van der Waals surface area (Å²) in [6, 6.07) is 5.32. The number of rotatable bonds is 4. The van der Waals surface area contributed by atoms with Crippen LogP contribution in [0, 0.1) is 0 Å². The van der Waals surface area contributed by atoms with Gasteiger partial charge < -0.3 is 14.0 Å². The van der Waals surface area contributed by atoms with Gasteiger partial charge in [0.25, 0.3) is 5.89 Å². The van der Waals surface area contributed by atoms with Crippen molar-refractivity contribution >= 4 is 0 Å². The Hall–Kier alpha value is -2.90. The highest BCUT2D eigenvalue weighted by Crippen LogP contribution is 2.29. The first kappa shape index (κ1) is 12.2. The second-order valence-electron chi connectivity index (χ2n) is 3.86. The molecule has 0 bridgehead atoms. The van der Waals surface area contributed by atoms with Crippen molar-refractivity contribution in [2.24, 2.45) is 0 Å². The lowest BCUT2D eigenvalue weighted by Crippen LogP contribution is -1.89. The van der Waals surface area contributed by atoms with Crippen molar-refractivity contribution in [2.75, 3.05) is 14.2 Å². The minimum Gasteiger partial charge on any atom is -0.497 e. The minimum absolute atomic E-state index is 0.333. The summed E-state index contributed by atoms with van der Waals surface area (Å²) in [7, 11) is 3.15. The monoisotopic (exact) mass is 273 g/mol. The molecule has 3 aromatic rings. The second-order valence-corrected chi connectivity index (χ2v) is 3.86. The summed E-state index contributed by atoms with van der Waals surface area (Å²) in [5, 5.41) is 10.2. The van der Waals surface area contributed by atoms with Gasteiger partial charge in [0.1, 0.15) is 17.8 Å². The molecule has 2 aromatic heterocycles. The van der Waals surface area contributed by atoms with Crippen molar-refractivity contribution < 1.29 is 14.0 Å². The molecule has 8 heteroatoms. The maximum absolute atomic E-state index is 5.21. The number of aromatic amines is 1. The number of benzene rings is 1. The number of nitrogens with zero attached hydrogens (tertiary/aromatic N) is 4. The zero-order valence-corrected chi connectivity index (χ0v) is 10.8. The molecule has 0 aliphatic rings. The molecule has 0 aliphatic carbocycles. The number of methoxy groups -OCH3 is 2. The lowest BCUT2D eigenvalue weighted by Gasteiger charge is -2.05. The lowest BCUT2D eigenvalue weighted by atomic mass is 10.2. The van der Waals surface area contributed by atoms with Crippen LogP contribution >= 0.6 is 0 Å². The molecule has 1 aromatic carbocycles. The van der Waals surface area contributed by atoms with E-state index >= 15 is 0 Å². The standard InChI is InChI=1S/C12H11N5O3/c1-18-8-3-7(4-9(5-8)19-2)12-15-11(17-20-12)10-13-6-14-16-10/h3-6H,1-2H3,(H,13,14,16). The highest BCUT2D eigenvalue weighted by molar-refractivity contribution is 5.61. The van der Waals surface area contributed by atoms with Gasteiger partial charge in [0, 0.05) is 11.6 Å². The largest absolute Gasteiger partial charge is 0.497 e. The van der Waals surface area contributed by atoms with Gasteiger partial charge in [0.15, 0.2) is 5.82 Å². The molecule has 0 saturated heterocycles. The van der Waals surface area contributed by atoms with Gasteiger partial charge in [-0.25, -0.2) is 4.98 Å². The number of aromatic nitrogens is 5. The fourth-order valence-electron chi connectivity index (χ4n) is 1.68. The van der Waals surface area contributed by atoms with Crippen LogP contribution < -0.4 is 9.47 Å². The summed E-state index contributed by atoms with van der Waals surface area (Å²) in [6.45, 7) is 0. The van der Waals surface area contributed by atoms with Crippen LogP contribution in [0.4, 0.5) is 0 Å². The van der Waals surface area contributed by atoms with E-state index in [1.54, 1.807) is 32.4 Å². The molecule has 3 rings (SSSR count). The molecule has 0 fully saturated rings. The molecule has 0 radical (unpaired) electrons. The molecule has 0 saturated carbocycles. The third-order valence-corrected chi connectivity index (χ3v) is 2.65. The van der Waals surface area contributed by atoms with Crippen LogP contribution in [-0.2, 0) is 0 Å². The van der Waals surface area contributed by atoms with Crippen LogP contribution in [0.5, 0.6) is 11.5 Å². The van der Waals surface area contributed by atoms with E-state index < -0.39 is 0 Å². The molecular formula is C12H11N5O3. The van der Waals surface area contributed by atoms with Crippen molar-refractivity contribution in [3.63, 3.8) is 0 Å². The Bertz CT molecular complexity index is 685. The first-order valence-corrected chi connectivity index (χ1v) is 5.73. The fraction of sp³-hybridized carbons (Fsp3) is 0.167. The van der Waals surface area contributed by atoms with Gasteiger partial charge in [-0.05, 0) is 12.1 Å². The van der Waals surface area contributed by atoms with E-state index in [9.17, 15) is 0 Å². The Balaban J connectivity index is 2.00. The summed E-state index contributed by atoms with van der Waals surface area (Å²) < 4.78 is 15.6. The van der Waals surface area contributed by atoms with Gasteiger partial charge in [-0.3, -0.25) is 5.10 Å². The molecule has 0 amide bonds. The number of hydrogen-bond acceptors (Lipinski definition) is 7. The van der Waals surface area contributed by atoms with Crippen LogP contribution in [0.1, 0.15) is 0 Å². The van der Waals surface area contributed by atoms with E-state index in [0.29, 0.717) is 34.6 Å². The van der Waals surface area contributed by atoms with E-state index in [0.717, 1.165) is 0 Å². The van der Waals surface area contributed by atoms with Crippen molar-refractivity contribution in [2.45, 2.75) is 0 Å². The van der Waals surface area contributed by atoms with E-state index in [1.807, 2.05) is 0 Å². The summed E-state index contributed by atoms with van der Waals surface area (Å²) in [4.78, 5) is 8.21. The number of nitrogens with one attached hydrogen (secondary N) is 1. The van der Waals surface area contributed by atoms with E-state index in [1.165, 1.54) is 6.33 Å². The molecule has 0 spiro atoms. The van der Waals surface area contributed by atoms with Gasteiger partial charge in [0.05, 0.1) is 14.2 Å². The number of ether oxygens (including phenoxy) is 2. The number of H-pyrrole nitrogens is 1. The smallest absolute Gasteiger partial charge is 0.258 e. The van der Waals surface area contributed by atoms with Gasteiger partial charge in [-0.1, -0.05) is 5.16 Å². The lowest BCUT2D eigenvalue weighted by molar-refractivity contribution is 0.393. The predicted octanol–water partition coefficient (Wildman–Crippen LogP) is 1.54. The molecular weight excluding hydrogens is 262 g/mol. The average molecular weight is 273 g/mol. The topological polar surface area (TPSA) is 99.0 Å². The molecule has 1 N–H and O–H groups in total. The van der Waals surface area contributed by atoms with Crippen molar-refractivity contribution in [1.82, 2.24) is 25.3 Å². The van der Waals surface area contributed by atoms with Gasteiger partial charge in [0.2, 0.25) is 5.82 Å². The van der Waals surface area contributed by atoms with Crippen molar-refractivity contribution in [3.8, 4) is 34.6 Å². The molecule has 8 nitrogen and oxygen atoms in total. The van der Waals surface area contributed by atoms with E-state index in [2.05, 4.69) is 25.3 Å². The maximum atomic E-state index is 5.21. The van der Waals surface area contributed by atoms with Crippen LogP contribution in [0.15, 0.2) is 29.0 Å². The van der Waals surface area contributed by atoms with Gasteiger partial charge in [-0.15, -0.1) is 0 Å². The highest BCUT2D eigenvalue weighted by Gasteiger charge is 2.14. The summed E-state index contributed by atoms with van der Waals surface area (Å²) >= 11 is 0. The summed E-state index contributed by atoms with van der Waals surface area (Å²) in [5.41, 5.74) is 0.694. The van der Waals surface area contributed by atoms with E-state index in [4.69, 9.17) is 14.0 Å². The van der Waals surface area contributed by atoms with E-state index in [-0.39, 0.29) is 0 Å². The Morgan fingerprint density at radius 2 is 1.85 bits per heavy atom. The first-order valence-electron chi connectivity index (χ1n) is 5.73. The first-order chi connectivity index (χ1) is 9.80. The zero-order valence-electron chi connectivity index (χ0n) is 10.8.